The van der Waals surface area contributed by atoms with Crippen molar-refractivity contribution >= 4 is 45.3 Å². The largest absolute Gasteiger partial charge is 0.481 e. The van der Waals surface area contributed by atoms with Crippen molar-refractivity contribution in [2.24, 2.45) is 17.3 Å². The van der Waals surface area contributed by atoms with E-state index in [1.807, 2.05) is 26.1 Å². The zero-order valence-corrected chi connectivity index (χ0v) is 23.5. The van der Waals surface area contributed by atoms with Gasteiger partial charge in [-0.25, -0.2) is 4.98 Å². The number of rotatable bonds is 7. The van der Waals surface area contributed by atoms with Gasteiger partial charge in [0.1, 0.15) is 5.82 Å². The lowest BCUT2D eigenvalue weighted by atomic mass is 9.65. The second-order valence-electron chi connectivity index (χ2n) is 11.2. The van der Waals surface area contributed by atoms with Gasteiger partial charge in [-0.3, -0.25) is 4.79 Å². The number of benzene rings is 1. The van der Waals surface area contributed by atoms with Gasteiger partial charge in [-0.1, -0.05) is 23.7 Å². The van der Waals surface area contributed by atoms with Crippen molar-refractivity contribution in [3.8, 4) is 0 Å². The number of nitrogens with zero attached hydrogens (tertiary/aromatic N) is 4. The van der Waals surface area contributed by atoms with Gasteiger partial charge in [0.25, 0.3) is 0 Å². The number of aliphatic carboxylic acids is 1. The molecule has 194 valence electrons. The van der Waals surface area contributed by atoms with Crippen LogP contribution in [0.25, 0.3) is 0 Å². The van der Waals surface area contributed by atoms with Gasteiger partial charge in [0, 0.05) is 36.9 Å². The van der Waals surface area contributed by atoms with E-state index >= 15 is 0 Å². The van der Waals surface area contributed by atoms with Gasteiger partial charge < -0.3 is 20.2 Å². The fourth-order valence-electron chi connectivity index (χ4n) is 6.02. The number of nitrogens with one attached hydrogen (secondary N) is 1. The minimum Gasteiger partial charge on any atom is -0.481 e. The van der Waals surface area contributed by atoms with Crippen LogP contribution in [0.4, 0.5) is 11.8 Å². The van der Waals surface area contributed by atoms with Crippen LogP contribution in [0.3, 0.4) is 0 Å². The van der Waals surface area contributed by atoms with E-state index in [2.05, 4.69) is 55.1 Å². The summed E-state index contributed by atoms with van der Waals surface area (Å²) in [5.74, 6) is 2.16. The number of carboxylic acids is 1. The molecule has 1 aromatic carbocycles. The first-order chi connectivity index (χ1) is 17.1. The Morgan fingerprint density at radius 3 is 2.72 bits per heavy atom. The Balaban J connectivity index is 1.17. The molecule has 5 rings (SSSR count). The molecule has 3 fully saturated rings. The van der Waals surface area contributed by atoms with E-state index in [-0.39, 0.29) is 6.04 Å². The number of hydrogen-bond donors (Lipinski definition) is 2. The lowest BCUT2D eigenvalue weighted by molar-refractivity contribution is -0.158. The van der Waals surface area contributed by atoms with Crippen LogP contribution in [0.5, 0.6) is 0 Å². The predicted molar refractivity (Wildman–Crippen MR) is 147 cm³/mol. The highest BCUT2D eigenvalue weighted by Gasteiger charge is 2.49. The third kappa shape index (κ3) is 5.09. The lowest BCUT2D eigenvalue weighted by Crippen LogP contribution is -2.58. The Bertz CT molecular complexity index is 1140. The van der Waals surface area contributed by atoms with Crippen molar-refractivity contribution in [2.45, 2.75) is 58.5 Å². The molecule has 0 radical (unpaired) electrons. The molecule has 1 saturated carbocycles. The molecular formula is C27H35BrClN5O2. The summed E-state index contributed by atoms with van der Waals surface area (Å²) < 4.78 is 0.829. The van der Waals surface area contributed by atoms with Crippen LogP contribution in [0, 0.1) is 24.2 Å². The monoisotopic (exact) mass is 575 g/mol. The van der Waals surface area contributed by atoms with Gasteiger partial charge in [-0.15, -0.1) is 0 Å². The molecule has 1 aliphatic carbocycles. The highest BCUT2D eigenvalue weighted by atomic mass is 79.9. The maximum atomic E-state index is 11.5. The molecule has 2 aromatic rings. The molecule has 9 heteroatoms. The summed E-state index contributed by atoms with van der Waals surface area (Å²) in [4.78, 5) is 25.7. The van der Waals surface area contributed by atoms with Gasteiger partial charge in [-0.05, 0) is 98.0 Å². The molecule has 2 atom stereocenters. The number of hydrogen-bond acceptors (Lipinski definition) is 6. The summed E-state index contributed by atoms with van der Waals surface area (Å²) in [7, 11) is 0. The first-order valence-corrected chi connectivity index (χ1v) is 14.1. The molecule has 3 aliphatic rings. The molecule has 36 heavy (non-hydrogen) atoms. The summed E-state index contributed by atoms with van der Waals surface area (Å²) in [5, 5.41) is 13.7. The van der Waals surface area contributed by atoms with Gasteiger partial charge >= 0.3 is 5.97 Å². The molecular weight excluding hydrogens is 542 g/mol. The number of likely N-dealkylation sites (tertiary alicyclic amines) is 1. The third-order valence-corrected chi connectivity index (χ3v) is 9.37. The number of aromatic nitrogens is 2. The van der Waals surface area contributed by atoms with Gasteiger partial charge in [0.05, 0.1) is 15.9 Å². The van der Waals surface area contributed by atoms with Crippen molar-refractivity contribution in [3.05, 3.63) is 45.0 Å². The molecule has 1 aromatic heterocycles. The summed E-state index contributed by atoms with van der Waals surface area (Å²) >= 11 is 10.1. The Labute approximate surface area is 226 Å². The third-order valence-electron chi connectivity index (χ3n) is 8.46. The minimum absolute atomic E-state index is 0.00370. The first-order valence-electron chi connectivity index (χ1n) is 12.9. The van der Waals surface area contributed by atoms with Gasteiger partial charge in [-0.2, -0.15) is 4.98 Å². The summed E-state index contributed by atoms with van der Waals surface area (Å²) in [6.07, 6.45) is 5.82. The normalized spacial score (nSPS) is 27.8. The average molecular weight is 577 g/mol. The zero-order chi connectivity index (χ0) is 25.6. The van der Waals surface area contributed by atoms with Crippen LogP contribution in [0.2, 0.25) is 5.02 Å². The molecule has 2 aliphatic heterocycles. The summed E-state index contributed by atoms with van der Waals surface area (Å²) in [6, 6.07) is 6.55. The summed E-state index contributed by atoms with van der Waals surface area (Å²) in [6.45, 7) is 10.1. The van der Waals surface area contributed by atoms with Crippen LogP contribution in [-0.4, -0.2) is 58.2 Å². The van der Waals surface area contributed by atoms with E-state index in [4.69, 9.17) is 16.6 Å². The van der Waals surface area contributed by atoms with Crippen molar-refractivity contribution in [3.63, 3.8) is 0 Å². The second kappa shape index (κ2) is 10.1. The topological polar surface area (TPSA) is 81.6 Å². The fraction of sp³-hybridized carbons (Fsp3) is 0.593. The van der Waals surface area contributed by atoms with Crippen LogP contribution in [-0.2, 0) is 4.79 Å². The Hall–Kier alpha value is -1.90. The van der Waals surface area contributed by atoms with Crippen molar-refractivity contribution in [1.82, 2.24) is 14.9 Å². The first kappa shape index (κ1) is 25.7. The minimum atomic E-state index is -0.651. The van der Waals surface area contributed by atoms with E-state index in [0.717, 1.165) is 71.4 Å². The SMILES string of the molecule is Cc1ccc(C(C)Nc2nc(N3CC(C4CCCN(C5CC(C)(C(=O)O)C5)C4)C3)ncc2Br)c(Cl)c1. The standard InChI is InChI=1S/C27H35BrClN5O2/c1-16-6-7-21(23(29)9-16)17(2)31-24-22(28)12-30-26(32-24)34-14-19(15-34)18-5-4-8-33(13-18)20-10-27(3,11-20)25(35)36/h6-7,9,12,17-20H,4-5,8,10-11,13-15H2,1-3H3,(H,35,36)(H,30,31,32). The summed E-state index contributed by atoms with van der Waals surface area (Å²) in [5.41, 5.74) is 1.65. The maximum absolute atomic E-state index is 11.5. The lowest BCUT2D eigenvalue weighted by Gasteiger charge is -2.52. The molecule has 0 spiro atoms. The smallest absolute Gasteiger partial charge is 0.309 e. The molecule has 7 nitrogen and oxygen atoms in total. The van der Waals surface area contributed by atoms with Crippen LogP contribution < -0.4 is 10.2 Å². The van der Waals surface area contributed by atoms with Gasteiger partial charge in [0.2, 0.25) is 5.95 Å². The number of aryl methyl sites for hydroxylation is 1. The van der Waals surface area contributed by atoms with E-state index in [9.17, 15) is 9.90 Å². The molecule has 0 amide bonds. The van der Waals surface area contributed by atoms with E-state index in [0.29, 0.717) is 17.9 Å². The quantitative estimate of drug-likeness (QED) is 0.433. The van der Waals surface area contributed by atoms with Crippen LogP contribution >= 0.6 is 27.5 Å². The second-order valence-corrected chi connectivity index (χ2v) is 12.5. The zero-order valence-electron chi connectivity index (χ0n) is 21.2. The number of carboxylic acid groups (broad SMARTS) is 1. The predicted octanol–water partition coefficient (Wildman–Crippen LogP) is 5.78. The molecule has 2 unspecified atom stereocenters. The average Bonchev–Trinajstić information content (AvgIpc) is 2.78. The van der Waals surface area contributed by atoms with Gasteiger partial charge in [0.15, 0.2) is 0 Å². The van der Waals surface area contributed by atoms with Crippen molar-refractivity contribution in [2.75, 3.05) is 36.4 Å². The van der Waals surface area contributed by atoms with E-state index < -0.39 is 11.4 Å². The van der Waals surface area contributed by atoms with Crippen molar-refractivity contribution in [1.29, 1.82) is 0 Å². The van der Waals surface area contributed by atoms with Crippen molar-refractivity contribution < 1.29 is 9.90 Å². The molecule has 3 heterocycles. The van der Waals surface area contributed by atoms with E-state index in [1.165, 1.54) is 12.8 Å². The van der Waals surface area contributed by atoms with Crippen LogP contribution in [0.1, 0.15) is 56.7 Å². The molecule has 2 N–H and O–H groups in total. The molecule has 0 bridgehead atoms. The van der Waals surface area contributed by atoms with E-state index in [1.54, 1.807) is 0 Å². The number of halogens is 2. The maximum Gasteiger partial charge on any atom is 0.309 e. The number of piperidine rings is 1. The Kier molecular flexibility index (Phi) is 7.22. The highest BCUT2D eigenvalue weighted by molar-refractivity contribution is 9.10. The molecule has 2 saturated heterocycles. The fourth-order valence-corrected chi connectivity index (χ4v) is 6.73. The Morgan fingerprint density at radius 2 is 2.03 bits per heavy atom. The highest BCUT2D eigenvalue weighted by Crippen LogP contribution is 2.45. The Morgan fingerprint density at radius 1 is 1.28 bits per heavy atom. The number of carbonyl (C=O) groups is 1. The number of anilines is 2. The van der Waals surface area contributed by atoms with Crippen LogP contribution in [0.15, 0.2) is 28.9 Å².